The van der Waals surface area contributed by atoms with Crippen LogP contribution >= 0.6 is 0 Å². The summed E-state index contributed by atoms with van der Waals surface area (Å²) in [5.41, 5.74) is 1.38. The summed E-state index contributed by atoms with van der Waals surface area (Å²) in [5.74, 6) is -0.567. The molecule has 0 bridgehead atoms. The SMILES string of the molecule is Cc1ccc(S(=O)(=O)N[C@@H](CC(=O)Oc2ccc([N+](=O)[O-])cc2)c2ccc3ccccc3c2)cc1. The molecule has 0 heterocycles. The Labute approximate surface area is 202 Å². The molecule has 0 fully saturated rings. The van der Waals surface area contributed by atoms with Gasteiger partial charge in [-0.05, 0) is 53.6 Å². The summed E-state index contributed by atoms with van der Waals surface area (Å²) in [4.78, 5) is 23.1. The lowest BCUT2D eigenvalue weighted by Gasteiger charge is -2.19. The average molecular weight is 491 g/mol. The van der Waals surface area contributed by atoms with E-state index in [1.54, 1.807) is 18.2 Å². The second kappa shape index (κ2) is 10.0. The number of hydrogen-bond donors (Lipinski definition) is 1. The number of benzene rings is 4. The smallest absolute Gasteiger partial charge is 0.313 e. The van der Waals surface area contributed by atoms with E-state index in [0.717, 1.165) is 16.3 Å². The molecule has 0 aliphatic rings. The number of carbonyl (C=O) groups is 1. The van der Waals surface area contributed by atoms with E-state index in [2.05, 4.69) is 4.72 Å². The lowest BCUT2D eigenvalue weighted by Crippen LogP contribution is -2.31. The summed E-state index contributed by atoms with van der Waals surface area (Å²) < 4.78 is 34.2. The van der Waals surface area contributed by atoms with Gasteiger partial charge in [-0.15, -0.1) is 0 Å². The van der Waals surface area contributed by atoms with Crippen LogP contribution in [-0.2, 0) is 14.8 Å². The quantitative estimate of drug-likeness (QED) is 0.160. The Kier molecular flexibility index (Phi) is 6.90. The van der Waals surface area contributed by atoms with Crippen LogP contribution in [0.1, 0.15) is 23.6 Å². The molecule has 1 atom stereocenters. The number of nitrogens with one attached hydrogen (secondary N) is 1. The van der Waals surface area contributed by atoms with E-state index in [4.69, 9.17) is 4.74 Å². The van der Waals surface area contributed by atoms with Gasteiger partial charge in [0.15, 0.2) is 0 Å². The highest BCUT2D eigenvalue weighted by Crippen LogP contribution is 2.26. The molecule has 178 valence electrons. The summed E-state index contributed by atoms with van der Waals surface area (Å²) in [5, 5.41) is 12.7. The first-order valence-electron chi connectivity index (χ1n) is 10.7. The third-order valence-electron chi connectivity index (χ3n) is 5.45. The fourth-order valence-electron chi connectivity index (χ4n) is 3.60. The molecule has 4 rings (SSSR count). The average Bonchev–Trinajstić information content (AvgIpc) is 2.84. The van der Waals surface area contributed by atoms with Crippen LogP contribution in [0.15, 0.2) is 95.9 Å². The molecular weight excluding hydrogens is 468 g/mol. The molecule has 35 heavy (non-hydrogen) atoms. The number of nitro groups is 1. The first-order chi connectivity index (χ1) is 16.7. The number of sulfonamides is 1. The van der Waals surface area contributed by atoms with Crippen molar-refractivity contribution in [3.05, 3.63) is 112 Å². The van der Waals surface area contributed by atoms with Crippen LogP contribution in [0.3, 0.4) is 0 Å². The molecule has 0 aliphatic heterocycles. The summed E-state index contributed by atoms with van der Waals surface area (Å²) in [7, 11) is -3.94. The minimum absolute atomic E-state index is 0.0811. The van der Waals surface area contributed by atoms with Gasteiger partial charge in [0.1, 0.15) is 5.75 Å². The molecule has 0 aromatic heterocycles. The molecule has 4 aromatic carbocycles. The zero-order valence-electron chi connectivity index (χ0n) is 18.7. The van der Waals surface area contributed by atoms with Crippen LogP contribution in [0.2, 0.25) is 0 Å². The first kappa shape index (κ1) is 24.1. The number of carbonyl (C=O) groups excluding carboxylic acids is 1. The van der Waals surface area contributed by atoms with Crippen LogP contribution < -0.4 is 9.46 Å². The zero-order valence-corrected chi connectivity index (χ0v) is 19.6. The van der Waals surface area contributed by atoms with E-state index in [9.17, 15) is 23.3 Å². The lowest BCUT2D eigenvalue weighted by molar-refractivity contribution is -0.384. The Morgan fingerprint density at radius 1 is 0.943 bits per heavy atom. The monoisotopic (exact) mass is 490 g/mol. The molecule has 8 nitrogen and oxygen atoms in total. The topological polar surface area (TPSA) is 116 Å². The van der Waals surface area contributed by atoms with Gasteiger partial charge in [0.2, 0.25) is 10.0 Å². The van der Waals surface area contributed by atoms with Crippen molar-refractivity contribution in [2.45, 2.75) is 24.3 Å². The van der Waals surface area contributed by atoms with Gasteiger partial charge in [-0.2, -0.15) is 0 Å². The third-order valence-corrected chi connectivity index (χ3v) is 6.94. The Morgan fingerprint density at radius 2 is 1.60 bits per heavy atom. The van der Waals surface area contributed by atoms with Gasteiger partial charge in [-0.3, -0.25) is 14.9 Å². The number of nitro benzene ring substituents is 1. The number of hydrogen-bond acceptors (Lipinski definition) is 6. The second-order valence-corrected chi connectivity index (χ2v) is 9.74. The Hall–Kier alpha value is -4.08. The standard InChI is InChI=1S/C26H22N2O6S/c1-18-6-14-24(15-7-18)35(32,33)27-25(21-9-8-19-4-2-3-5-20(19)16-21)17-26(29)34-23-12-10-22(11-13-23)28(30)31/h2-16,25,27H,17H2,1H3/t25-/m0/s1. The van der Waals surface area contributed by atoms with Gasteiger partial charge in [0.25, 0.3) is 5.69 Å². The number of non-ortho nitro benzene ring substituents is 1. The van der Waals surface area contributed by atoms with E-state index >= 15 is 0 Å². The summed E-state index contributed by atoms with van der Waals surface area (Å²) in [6.07, 6.45) is -0.291. The molecule has 0 unspecified atom stereocenters. The van der Waals surface area contributed by atoms with Gasteiger partial charge in [-0.25, -0.2) is 13.1 Å². The van der Waals surface area contributed by atoms with Crippen molar-refractivity contribution in [3.63, 3.8) is 0 Å². The molecule has 0 saturated carbocycles. The van der Waals surface area contributed by atoms with Crippen molar-refractivity contribution in [1.82, 2.24) is 4.72 Å². The van der Waals surface area contributed by atoms with Gasteiger partial charge in [0.05, 0.1) is 22.3 Å². The van der Waals surface area contributed by atoms with E-state index in [-0.39, 0.29) is 22.8 Å². The van der Waals surface area contributed by atoms with E-state index in [0.29, 0.717) is 5.56 Å². The molecule has 9 heteroatoms. The largest absolute Gasteiger partial charge is 0.426 e. The maximum atomic E-state index is 13.1. The Bertz CT molecular complexity index is 1480. The molecule has 0 aliphatic carbocycles. The van der Waals surface area contributed by atoms with Crippen molar-refractivity contribution in [1.29, 1.82) is 0 Å². The van der Waals surface area contributed by atoms with Gasteiger partial charge < -0.3 is 4.74 Å². The molecular formula is C26H22N2O6S. The maximum Gasteiger partial charge on any atom is 0.313 e. The number of aryl methyl sites for hydroxylation is 1. The number of nitrogens with zero attached hydrogens (tertiary/aromatic N) is 1. The summed E-state index contributed by atoms with van der Waals surface area (Å²) in [6, 6.07) is 23.7. The number of ether oxygens (including phenoxy) is 1. The lowest BCUT2D eigenvalue weighted by atomic mass is 10.0. The molecule has 0 saturated heterocycles. The van der Waals surface area contributed by atoms with Crippen LogP contribution in [0.5, 0.6) is 5.75 Å². The maximum absolute atomic E-state index is 13.1. The minimum Gasteiger partial charge on any atom is -0.426 e. The van der Waals surface area contributed by atoms with Gasteiger partial charge in [-0.1, -0.05) is 54.1 Å². The Morgan fingerprint density at radius 3 is 2.26 bits per heavy atom. The van der Waals surface area contributed by atoms with Gasteiger partial charge in [0, 0.05) is 12.1 Å². The van der Waals surface area contributed by atoms with Crippen molar-refractivity contribution >= 4 is 32.5 Å². The zero-order chi connectivity index (χ0) is 25.0. The molecule has 4 aromatic rings. The predicted octanol–water partition coefficient (Wildman–Crippen LogP) is 5.07. The van der Waals surface area contributed by atoms with E-state index in [1.165, 1.54) is 36.4 Å². The Balaban J connectivity index is 1.61. The fraction of sp³-hybridized carbons (Fsp3) is 0.115. The molecule has 0 radical (unpaired) electrons. The van der Waals surface area contributed by atoms with Gasteiger partial charge >= 0.3 is 5.97 Å². The number of fused-ring (bicyclic) bond motifs is 1. The molecule has 1 N–H and O–H groups in total. The highest BCUT2D eigenvalue weighted by molar-refractivity contribution is 7.89. The van der Waals surface area contributed by atoms with Crippen molar-refractivity contribution in [2.24, 2.45) is 0 Å². The second-order valence-electron chi connectivity index (χ2n) is 8.02. The van der Waals surface area contributed by atoms with E-state index < -0.39 is 27.0 Å². The fourth-order valence-corrected chi connectivity index (χ4v) is 4.82. The minimum atomic E-state index is -3.94. The van der Waals surface area contributed by atoms with Crippen molar-refractivity contribution in [2.75, 3.05) is 0 Å². The molecule has 0 amide bonds. The normalized spacial score (nSPS) is 12.3. The number of esters is 1. The third kappa shape index (κ3) is 5.89. The van der Waals surface area contributed by atoms with E-state index in [1.807, 2.05) is 43.3 Å². The number of rotatable bonds is 8. The van der Waals surface area contributed by atoms with Crippen LogP contribution in [0, 0.1) is 17.0 Å². The van der Waals surface area contributed by atoms with Crippen LogP contribution in [0.4, 0.5) is 5.69 Å². The predicted molar refractivity (Wildman–Crippen MR) is 132 cm³/mol. The first-order valence-corrected chi connectivity index (χ1v) is 12.2. The van der Waals surface area contributed by atoms with Crippen LogP contribution in [0.25, 0.3) is 10.8 Å². The highest BCUT2D eigenvalue weighted by Gasteiger charge is 2.25. The van der Waals surface area contributed by atoms with Crippen molar-refractivity contribution in [3.8, 4) is 5.75 Å². The molecule has 0 spiro atoms. The van der Waals surface area contributed by atoms with Crippen LogP contribution in [-0.4, -0.2) is 19.3 Å². The van der Waals surface area contributed by atoms with Crippen molar-refractivity contribution < 1.29 is 22.9 Å². The summed E-state index contributed by atoms with van der Waals surface area (Å²) in [6.45, 7) is 1.86. The highest BCUT2D eigenvalue weighted by atomic mass is 32.2. The summed E-state index contributed by atoms with van der Waals surface area (Å²) >= 11 is 0.